The molecule has 5 nitrogen and oxygen atoms in total. The van der Waals surface area contributed by atoms with E-state index in [1.165, 1.54) is 24.8 Å². The lowest BCUT2D eigenvalue weighted by molar-refractivity contribution is 0.0625. The van der Waals surface area contributed by atoms with Gasteiger partial charge in [0.1, 0.15) is 0 Å². The van der Waals surface area contributed by atoms with Crippen molar-refractivity contribution in [2.24, 2.45) is 10.9 Å². The van der Waals surface area contributed by atoms with Crippen molar-refractivity contribution in [3.05, 3.63) is 35.9 Å². The van der Waals surface area contributed by atoms with Crippen molar-refractivity contribution in [2.75, 3.05) is 47.4 Å². The van der Waals surface area contributed by atoms with Gasteiger partial charge in [0, 0.05) is 53.0 Å². The summed E-state index contributed by atoms with van der Waals surface area (Å²) in [4.78, 5) is 9.08. The highest BCUT2D eigenvalue weighted by atomic mass is 127. The van der Waals surface area contributed by atoms with Crippen molar-refractivity contribution < 1.29 is 4.74 Å². The van der Waals surface area contributed by atoms with E-state index in [0.717, 1.165) is 44.7 Å². The minimum absolute atomic E-state index is 0. The highest BCUT2D eigenvalue weighted by Crippen LogP contribution is 2.18. The maximum Gasteiger partial charge on any atom is 0.193 e. The lowest BCUT2D eigenvalue weighted by atomic mass is 9.96. The van der Waals surface area contributed by atoms with Crippen LogP contribution in [0, 0.1) is 5.92 Å². The number of nitrogens with zero attached hydrogens (tertiary/aromatic N) is 3. The Morgan fingerprint density at radius 1 is 1.22 bits per heavy atom. The first-order valence-corrected chi connectivity index (χ1v) is 9.83. The van der Waals surface area contributed by atoms with Gasteiger partial charge in [-0.25, -0.2) is 0 Å². The average molecular weight is 488 g/mol. The van der Waals surface area contributed by atoms with Crippen LogP contribution in [-0.4, -0.2) is 69.2 Å². The maximum absolute atomic E-state index is 5.45. The zero-order valence-electron chi connectivity index (χ0n) is 17.4. The van der Waals surface area contributed by atoms with Gasteiger partial charge in [-0.1, -0.05) is 30.3 Å². The molecule has 1 fully saturated rings. The Morgan fingerprint density at radius 2 is 1.89 bits per heavy atom. The summed E-state index contributed by atoms with van der Waals surface area (Å²) < 4.78 is 5.45. The Bertz CT molecular complexity index is 534. The summed E-state index contributed by atoms with van der Waals surface area (Å²) in [6, 6.07) is 11.0. The van der Waals surface area contributed by atoms with E-state index in [4.69, 9.17) is 4.74 Å². The molecule has 1 aromatic carbocycles. The number of benzene rings is 1. The van der Waals surface area contributed by atoms with Gasteiger partial charge in [-0.15, -0.1) is 24.0 Å². The Balaban J connectivity index is 0.00000364. The molecule has 1 aliphatic heterocycles. The smallest absolute Gasteiger partial charge is 0.193 e. The van der Waals surface area contributed by atoms with Crippen molar-refractivity contribution in [3.8, 4) is 0 Å². The van der Waals surface area contributed by atoms with Crippen molar-refractivity contribution in [1.29, 1.82) is 0 Å². The van der Waals surface area contributed by atoms with Crippen LogP contribution in [0.15, 0.2) is 35.3 Å². The summed E-state index contributed by atoms with van der Waals surface area (Å²) in [6.07, 6.45) is 3.60. The fourth-order valence-corrected chi connectivity index (χ4v) is 3.32. The second-order valence-corrected chi connectivity index (χ2v) is 7.44. The van der Waals surface area contributed by atoms with E-state index in [1.807, 2.05) is 7.05 Å². The van der Waals surface area contributed by atoms with E-state index in [1.54, 1.807) is 0 Å². The molecule has 1 unspecified atom stereocenters. The molecule has 154 valence electrons. The molecule has 27 heavy (non-hydrogen) atoms. The van der Waals surface area contributed by atoms with Gasteiger partial charge in [0.2, 0.25) is 0 Å². The number of aliphatic imine (C=N–C) groups is 1. The first-order chi connectivity index (χ1) is 12.6. The molecular weight excluding hydrogens is 451 g/mol. The van der Waals surface area contributed by atoms with Crippen molar-refractivity contribution in [1.82, 2.24) is 15.1 Å². The summed E-state index contributed by atoms with van der Waals surface area (Å²) in [5, 5.41) is 3.53. The van der Waals surface area contributed by atoms with Crippen LogP contribution in [0.4, 0.5) is 0 Å². The van der Waals surface area contributed by atoms with Crippen LogP contribution in [0.1, 0.15) is 31.7 Å². The van der Waals surface area contributed by atoms with Gasteiger partial charge in [-0.3, -0.25) is 9.89 Å². The van der Waals surface area contributed by atoms with Gasteiger partial charge in [-0.05, 0) is 44.7 Å². The largest absolute Gasteiger partial charge is 0.381 e. The molecule has 0 aliphatic carbocycles. The first-order valence-electron chi connectivity index (χ1n) is 9.83. The molecule has 0 aromatic heterocycles. The van der Waals surface area contributed by atoms with E-state index < -0.39 is 0 Å². The Kier molecular flexibility index (Phi) is 11.9. The summed E-state index contributed by atoms with van der Waals surface area (Å²) in [5.74, 6) is 1.78. The number of rotatable bonds is 8. The molecule has 0 bridgehead atoms. The van der Waals surface area contributed by atoms with E-state index in [-0.39, 0.29) is 24.0 Å². The monoisotopic (exact) mass is 488 g/mol. The van der Waals surface area contributed by atoms with Crippen LogP contribution >= 0.6 is 24.0 Å². The SMILES string of the molecule is CN=C(NCC(C)N(C)Cc1ccccc1)N(C)CCC1CCOCC1.I. The Morgan fingerprint density at radius 3 is 2.52 bits per heavy atom. The number of hydrogen-bond acceptors (Lipinski definition) is 3. The van der Waals surface area contributed by atoms with Crippen LogP contribution in [0.5, 0.6) is 0 Å². The maximum atomic E-state index is 5.45. The number of hydrogen-bond donors (Lipinski definition) is 1. The molecule has 0 amide bonds. The fourth-order valence-electron chi connectivity index (χ4n) is 3.32. The molecule has 1 aliphatic rings. The van der Waals surface area contributed by atoms with Crippen molar-refractivity contribution in [2.45, 2.75) is 38.8 Å². The van der Waals surface area contributed by atoms with E-state index in [0.29, 0.717) is 6.04 Å². The molecule has 1 heterocycles. The van der Waals surface area contributed by atoms with Gasteiger partial charge in [0.25, 0.3) is 0 Å². The third-order valence-corrected chi connectivity index (χ3v) is 5.37. The molecular formula is C21H37IN4O. The molecule has 1 aromatic rings. The number of nitrogens with one attached hydrogen (secondary N) is 1. The third-order valence-electron chi connectivity index (χ3n) is 5.37. The number of ether oxygens (including phenoxy) is 1. The van der Waals surface area contributed by atoms with Crippen LogP contribution in [0.3, 0.4) is 0 Å². The minimum Gasteiger partial charge on any atom is -0.381 e. The number of likely N-dealkylation sites (N-methyl/N-ethyl adjacent to an activating group) is 1. The van der Waals surface area contributed by atoms with Crippen LogP contribution in [0.2, 0.25) is 0 Å². The van der Waals surface area contributed by atoms with E-state index in [9.17, 15) is 0 Å². The number of guanidine groups is 1. The zero-order valence-corrected chi connectivity index (χ0v) is 19.7. The van der Waals surface area contributed by atoms with Gasteiger partial charge in [0.15, 0.2) is 5.96 Å². The fraction of sp³-hybridized carbons (Fsp3) is 0.667. The summed E-state index contributed by atoms with van der Waals surface area (Å²) in [5.41, 5.74) is 1.35. The van der Waals surface area contributed by atoms with Crippen LogP contribution in [-0.2, 0) is 11.3 Å². The zero-order chi connectivity index (χ0) is 18.8. The van der Waals surface area contributed by atoms with E-state index >= 15 is 0 Å². The normalized spacial score (nSPS) is 16.7. The van der Waals surface area contributed by atoms with Gasteiger partial charge < -0.3 is 15.0 Å². The van der Waals surface area contributed by atoms with Crippen molar-refractivity contribution >= 4 is 29.9 Å². The Hall–Kier alpha value is -0.860. The molecule has 1 saturated heterocycles. The van der Waals surface area contributed by atoms with Gasteiger partial charge in [-0.2, -0.15) is 0 Å². The van der Waals surface area contributed by atoms with Gasteiger partial charge in [0.05, 0.1) is 0 Å². The lowest BCUT2D eigenvalue weighted by Crippen LogP contribution is -2.45. The van der Waals surface area contributed by atoms with Crippen LogP contribution < -0.4 is 5.32 Å². The standard InChI is InChI=1S/C21H36N4O.HI/c1-18(25(4)17-20-8-6-5-7-9-20)16-23-21(22-2)24(3)13-10-19-11-14-26-15-12-19;/h5-9,18-19H,10-17H2,1-4H3,(H,22,23);1H. The first kappa shape index (κ1) is 24.2. The predicted octanol–water partition coefficient (Wildman–Crippen LogP) is 3.45. The third kappa shape index (κ3) is 8.79. The molecule has 1 atom stereocenters. The lowest BCUT2D eigenvalue weighted by Gasteiger charge is -2.29. The minimum atomic E-state index is 0. The molecule has 6 heteroatoms. The summed E-state index contributed by atoms with van der Waals surface area (Å²) in [7, 11) is 6.18. The number of halogens is 1. The summed E-state index contributed by atoms with van der Waals surface area (Å²) in [6.45, 7) is 6.99. The Labute approximate surface area is 182 Å². The van der Waals surface area contributed by atoms with E-state index in [2.05, 4.69) is 71.5 Å². The predicted molar refractivity (Wildman–Crippen MR) is 125 cm³/mol. The second-order valence-electron chi connectivity index (χ2n) is 7.44. The molecule has 1 N–H and O–H groups in total. The average Bonchev–Trinajstić information content (AvgIpc) is 2.68. The molecule has 0 saturated carbocycles. The molecule has 2 rings (SSSR count). The summed E-state index contributed by atoms with van der Waals surface area (Å²) >= 11 is 0. The quantitative estimate of drug-likeness (QED) is 0.346. The topological polar surface area (TPSA) is 40.1 Å². The van der Waals surface area contributed by atoms with Crippen molar-refractivity contribution in [3.63, 3.8) is 0 Å². The highest BCUT2D eigenvalue weighted by Gasteiger charge is 2.16. The van der Waals surface area contributed by atoms with Gasteiger partial charge >= 0.3 is 0 Å². The molecule has 0 radical (unpaired) electrons. The second kappa shape index (κ2) is 13.3. The van der Waals surface area contributed by atoms with Crippen LogP contribution in [0.25, 0.3) is 0 Å². The molecule has 0 spiro atoms. The highest BCUT2D eigenvalue weighted by molar-refractivity contribution is 14.0.